The van der Waals surface area contributed by atoms with Gasteiger partial charge in [-0.2, -0.15) is 0 Å². The Morgan fingerprint density at radius 3 is 2.64 bits per heavy atom. The van der Waals surface area contributed by atoms with Crippen molar-refractivity contribution in [3.8, 4) is 0 Å². The van der Waals surface area contributed by atoms with Crippen LogP contribution >= 0.6 is 0 Å². The fourth-order valence-corrected chi connectivity index (χ4v) is 2.70. The highest BCUT2D eigenvalue weighted by atomic mass is 19.1. The van der Waals surface area contributed by atoms with Crippen molar-refractivity contribution < 1.29 is 13.6 Å². The number of halogens is 2. The number of carbonyl (C=O) groups is 1. The van der Waals surface area contributed by atoms with Crippen molar-refractivity contribution in [1.29, 1.82) is 0 Å². The highest BCUT2D eigenvalue weighted by Gasteiger charge is 2.05. The molecule has 1 amide bonds. The molecule has 5 nitrogen and oxygen atoms in total. The molecule has 0 heterocycles. The number of hydrogen-bond acceptors (Lipinski definition) is 2. The zero-order chi connectivity index (χ0) is 20.4. The van der Waals surface area contributed by atoms with E-state index in [1.165, 1.54) is 6.07 Å². The van der Waals surface area contributed by atoms with Crippen LogP contribution in [-0.4, -0.2) is 38.5 Å². The van der Waals surface area contributed by atoms with Crippen molar-refractivity contribution in [2.45, 2.75) is 19.8 Å². The molecule has 0 fully saturated rings. The summed E-state index contributed by atoms with van der Waals surface area (Å²) in [5.41, 5.74) is 1.97. The van der Waals surface area contributed by atoms with Crippen LogP contribution in [0.5, 0.6) is 0 Å². The third kappa shape index (κ3) is 6.64. The maximum atomic E-state index is 13.7. The molecule has 0 aliphatic heterocycles. The first-order valence-corrected chi connectivity index (χ1v) is 9.30. The number of rotatable bonds is 8. The largest absolute Gasteiger partial charge is 0.357 e. The average molecular weight is 388 g/mol. The van der Waals surface area contributed by atoms with Gasteiger partial charge in [0.15, 0.2) is 5.96 Å². The molecule has 2 aromatic carbocycles. The van der Waals surface area contributed by atoms with E-state index in [2.05, 4.69) is 20.9 Å². The van der Waals surface area contributed by atoms with Gasteiger partial charge in [-0.3, -0.25) is 9.79 Å². The summed E-state index contributed by atoms with van der Waals surface area (Å²) in [4.78, 5) is 16.1. The summed E-state index contributed by atoms with van der Waals surface area (Å²) >= 11 is 0. The fraction of sp³-hybridized carbons (Fsp3) is 0.333. The molecule has 0 aliphatic carbocycles. The normalized spacial score (nSPS) is 11.2. The third-order valence-corrected chi connectivity index (χ3v) is 4.13. The van der Waals surface area contributed by atoms with Crippen LogP contribution in [0.4, 0.5) is 8.78 Å². The highest BCUT2D eigenvalue weighted by Crippen LogP contribution is 2.10. The molecule has 2 aromatic rings. The molecule has 0 bridgehead atoms. The van der Waals surface area contributed by atoms with E-state index in [-0.39, 0.29) is 5.91 Å². The first-order valence-electron chi connectivity index (χ1n) is 9.30. The summed E-state index contributed by atoms with van der Waals surface area (Å²) < 4.78 is 26.9. The lowest BCUT2D eigenvalue weighted by atomic mass is 10.1. The number of guanidine groups is 1. The molecule has 150 valence electrons. The maximum absolute atomic E-state index is 13.7. The molecule has 0 aliphatic rings. The SMILES string of the molecule is CCNC(=NCCc1cc(F)ccc1F)NCCc1cccc(C(=O)NC)c1. The molecular formula is C21H26F2N4O. The lowest BCUT2D eigenvalue weighted by Crippen LogP contribution is -2.38. The molecule has 2 rings (SSSR count). The Balaban J connectivity index is 1.89. The molecule has 0 atom stereocenters. The topological polar surface area (TPSA) is 65.5 Å². The van der Waals surface area contributed by atoms with E-state index in [0.717, 1.165) is 17.7 Å². The van der Waals surface area contributed by atoms with E-state index < -0.39 is 11.6 Å². The minimum Gasteiger partial charge on any atom is -0.357 e. The smallest absolute Gasteiger partial charge is 0.251 e. The van der Waals surface area contributed by atoms with Crippen LogP contribution in [0.2, 0.25) is 0 Å². The third-order valence-electron chi connectivity index (χ3n) is 4.13. The Bertz CT molecular complexity index is 824. The van der Waals surface area contributed by atoms with Gasteiger partial charge in [-0.25, -0.2) is 8.78 Å². The van der Waals surface area contributed by atoms with Gasteiger partial charge in [-0.05, 0) is 61.2 Å². The second-order valence-electron chi connectivity index (χ2n) is 6.20. The van der Waals surface area contributed by atoms with Crippen molar-refractivity contribution in [2.75, 3.05) is 26.7 Å². The number of aliphatic imine (C=N–C) groups is 1. The Kier molecular flexibility index (Phi) is 8.39. The Morgan fingerprint density at radius 2 is 1.89 bits per heavy atom. The lowest BCUT2D eigenvalue weighted by molar-refractivity contribution is 0.0963. The lowest BCUT2D eigenvalue weighted by Gasteiger charge is -2.12. The van der Waals surface area contributed by atoms with Crippen molar-refractivity contribution in [3.63, 3.8) is 0 Å². The van der Waals surface area contributed by atoms with Crippen LogP contribution in [0, 0.1) is 11.6 Å². The quantitative estimate of drug-likeness (QED) is 0.481. The molecule has 0 spiro atoms. The minimum atomic E-state index is -0.454. The fourth-order valence-electron chi connectivity index (χ4n) is 2.70. The summed E-state index contributed by atoms with van der Waals surface area (Å²) in [7, 11) is 1.60. The van der Waals surface area contributed by atoms with Gasteiger partial charge in [0.05, 0.1) is 0 Å². The monoisotopic (exact) mass is 388 g/mol. The molecule has 28 heavy (non-hydrogen) atoms. The predicted molar refractivity (Wildman–Crippen MR) is 108 cm³/mol. The maximum Gasteiger partial charge on any atom is 0.251 e. The molecular weight excluding hydrogens is 362 g/mol. The molecule has 0 aromatic heterocycles. The summed E-state index contributed by atoms with van der Waals surface area (Å²) in [5, 5.41) is 8.95. The first kappa shape index (κ1) is 21.3. The van der Waals surface area contributed by atoms with Gasteiger partial charge in [0.2, 0.25) is 0 Å². The standard InChI is InChI=1S/C21H26F2N4O/c1-3-25-21(27-12-10-16-14-18(22)7-8-19(16)23)26-11-9-15-5-4-6-17(13-15)20(28)24-2/h4-8,13-14H,3,9-12H2,1-2H3,(H,24,28)(H2,25,26,27). The van der Waals surface area contributed by atoms with Gasteiger partial charge in [-0.15, -0.1) is 0 Å². The zero-order valence-corrected chi connectivity index (χ0v) is 16.2. The van der Waals surface area contributed by atoms with Gasteiger partial charge < -0.3 is 16.0 Å². The highest BCUT2D eigenvalue weighted by molar-refractivity contribution is 5.94. The Labute approximate surface area is 164 Å². The van der Waals surface area contributed by atoms with E-state index >= 15 is 0 Å². The van der Waals surface area contributed by atoms with E-state index in [0.29, 0.717) is 49.6 Å². The number of nitrogens with zero attached hydrogens (tertiary/aromatic N) is 1. The second kappa shape index (κ2) is 11.0. The van der Waals surface area contributed by atoms with Gasteiger partial charge in [0.1, 0.15) is 11.6 Å². The molecule has 0 saturated carbocycles. The molecule has 0 radical (unpaired) electrons. The van der Waals surface area contributed by atoms with E-state index in [1.807, 2.05) is 25.1 Å². The van der Waals surface area contributed by atoms with E-state index in [1.54, 1.807) is 13.1 Å². The first-order chi connectivity index (χ1) is 13.5. The number of nitrogens with one attached hydrogen (secondary N) is 3. The number of hydrogen-bond donors (Lipinski definition) is 3. The van der Waals surface area contributed by atoms with Crippen molar-refractivity contribution in [2.24, 2.45) is 4.99 Å². The molecule has 0 saturated heterocycles. The minimum absolute atomic E-state index is 0.116. The van der Waals surface area contributed by atoms with Crippen LogP contribution in [0.15, 0.2) is 47.5 Å². The van der Waals surface area contributed by atoms with Gasteiger partial charge in [0.25, 0.3) is 5.91 Å². The van der Waals surface area contributed by atoms with Crippen LogP contribution < -0.4 is 16.0 Å². The van der Waals surface area contributed by atoms with Crippen molar-refractivity contribution >= 4 is 11.9 Å². The van der Waals surface area contributed by atoms with Crippen LogP contribution in [0.25, 0.3) is 0 Å². The van der Waals surface area contributed by atoms with Crippen LogP contribution in [0.1, 0.15) is 28.4 Å². The molecule has 0 unspecified atom stereocenters. The summed E-state index contributed by atoms with van der Waals surface area (Å²) in [6.07, 6.45) is 1.03. The Morgan fingerprint density at radius 1 is 1.07 bits per heavy atom. The average Bonchev–Trinajstić information content (AvgIpc) is 2.70. The van der Waals surface area contributed by atoms with Gasteiger partial charge in [-0.1, -0.05) is 12.1 Å². The number of amides is 1. The Hall–Kier alpha value is -2.96. The van der Waals surface area contributed by atoms with Crippen molar-refractivity contribution in [1.82, 2.24) is 16.0 Å². The van der Waals surface area contributed by atoms with Crippen LogP contribution in [0.3, 0.4) is 0 Å². The predicted octanol–water partition coefficient (Wildman–Crippen LogP) is 2.66. The second-order valence-corrected chi connectivity index (χ2v) is 6.20. The molecule has 3 N–H and O–H groups in total. The van der Waals surface area contributed by atoms with Gasteiger partial charge in [0, 0.05) is 32.2 Å². The molecule has 7 heteroatoms. The van der Waals surface area contributed by atoms with Gasteiger partial charge >= 0.3 is 0 Å². The summed E-state index contributed by atoms with van der Waals surface area (Å²) in [6.45, 7) is 3.60. The van der Waals surface area contributed by atoms with E-state index in [9.17, 15) is 13.6 Å². The zero-order valence-electron chi connectivity index (χ0n) is 16.2. The van der Waals surface area contributed by atoms with Crippen LogP contribution in [-0.2, 0) is 12.8 Å². The van der Waals surface area contributed by atoms with E-state index in [4.69, 9.17) is 0 Å². The number of carbonyl (C=O) groups excluding carboxylic acids is 1. The van der Waals surface area contributed by atoms with Crippen molar-refractivity contribution in [3.05, 3.63) is 70.8 Å². The number of benzene rings is 2. The summed E-state index contributed by atoms with van der Waals surface area (Å²) in [6, 6.07) is 10.9. The summed E-state index contributed by atoms with van der Waals surface area (Å²) in [5.74, 6) is -0.383.